The molecule has 0 radical (unpaired) electrons. The second kappa shape index (κ2) is 7.25. The number of carbonyl (C=O) groups excluding carboxylic acids is 1. The topological polar surface area (TPSA) is 44.1 Å². The quantitative estimate of drug-likeness (QED) is 0.812. The van der Waals surface area contributed by atoms with E-state index in [-0.39, 0.29) is 5.91 Å². The van der Waals surface area contributed by atoms with Crippen LogP contribution >= 0.6 is 0 Å². The standard InChI is InChI=1S/C18H24N2O2/c1-5-9-15-13(3)19-20(14(15)4)18(21)16-10-7-8-11-17(16)22-12-6-2/h7-8,10-11H,5-6,9,12H2,1-4H3. The number of benzene rings is 1. The maximum Gasteiger partial charge on any atom is 0.282 e. The molecule has 0 atom stereocenters. The number of aromatic nitrogens is 2. The van der Waals surface area contributed by atoms with Gasteiger partial charge in [-0.05, 0) is 44.4 Å². The van der Waals surface area contributed by atoms with Crippen LogP contribution in [0.15, 0.2) is 24.3 Å². The monoisotopic (exact) mass is 300 g/mol. The predicted molar refractivity (Wildman–Crippen MR) is 87.7 cm³/mol. The lowest BCUT2D eigenvalue weighted by atomic mass is 10.1. The third kappa shape index (κ3) is 3.21. The summed E-state index contributed by atoms with van der Waals surface area (Å²) in [5, 5.41) is 4.44. The fraction of sp³-hybridized carbons (Fsp3) is 0.444. The maximum absolute atomic E-state index is 12.8. The van der Waals surface area contributed by atoms with Gasteiger partial charge < -0.3 is 4.74 Å². The minimum absolute atomic E-state index is 0.130. The van der Waals surface area contributed by atoms with Gasteiger partial charge in [0.2, 0.25) is 0 Å². The zero-order valence-electron chi connectivity index (χ0n) is 13.8. The van der Waals surface area contributed by atoms with E-state index in [1.54, 1.807) is 6.07 Å². The van der Waals surface area contributed by atoms with Gasteiger partial charge in [0, 0.05) is 5.69 Å². The normalized spacial score (nSPS) is 10.7. The number of hydrogen-bond acceptors (Lipinski definition) is 3. The predicted octanol–water partition coefficient (Wildman–Crippen LogP) is 3.93. The Morgan fingerprint density at radius 3 is 2.59 bits per heavy atom. The van der Waals surface area contributed by atoms with Crippen LogP contribution < -0.4 is 4.74 Å². The lowest BCUT2D eigenvalue weighted by molar-refractivity contribution is 0.0938. The molecule has 22 heavy (non-hydrogen) atoms. The summed E-state index contributed by atoms with van der Waals surface area (Å²) >= 11 is 0. The number of para-hydroxylation sites is 1. The average molecular weight is 300 g/mol. The van der Waals surface area contributed by atoms with E-state index in [1.807, 2.05) is 39.0 Å². The van der Waals surface area contributed by atoms with Crippen LogP contribution in [-0.2, 0) is 6.42 Å². The smallest absolute Gasteiger partial charge is 0.282 e. The molecule has 4 heteroatoms. The molecule has 0 N–H and O–H groups in total. The number of rotatable bonds is 6. The van der Waals surface area contributed by atoms with Gasteiger partial charge in [0.1, 0.15) is 5.75 Å². The summed E-state index contributed by atoms with van der Waals surface area (Å²) in [6.45, 7) is 8.69. The minimum atomic E-state index is -0.130. The Hall–Kier alpha value is -2.10. The number of aryl methyl sites for hydroxylation is 1. The highest BCUT2D eigenvalue weighted by Gasteiger charge is 2.20. The van der Waals surface area contributed by atoms with Crippen LogP contribution in [0.2, 0.25) is 0 Å². The number of carbonyl (C=O) groups is 1. The van der Waals surface area contributed by atoms with Crippen LogP contribution in [0.4, 0.5) is 0 Å². The van der Waals surface area contributed by atoms with E-state index in [4.69, 9.17) is 4.74 Å². The van der Waals surface area contributed by atoms with Crippen molar-refractivity contribution in [2.75, 3.05) is 6.61 Å². The molecule has 2 rings (SSSR count). The molecule has 1 heterocycles. The first-order chi connectivity index (χ1) is 10.6. The lowest BCUT2D eigenvalue weighted by Gasteiger charge is -2.10. The van der Waals surface area contributed by atoms with Gasteiger partial charge in [-0.25, -0.2) is 4.68 Å². The Labute approximate surface area is 132 Å². The molecule has 0 fully saturated rings. The molecule has 118 valence electrons. The maximum atomic E-state index is 12.8. The molecule has 0 amide bonds. The van der Waals surface area contributed by atoms with Crippen molar-refractivity contribution in [3.63, 3.8) is 0 Å². The summed E-state index contributed by atoms with van der Waals surface area (Å²) in [6.07, 6.45) is 2.89. The van der Waals surface area contributed by atoms with Crippen molar-refractivity contribution < 1.29 is 9.53 Å². The summed E-state index contributed by atoms with van der Waals surface area (Å²) in [6, 6.07) is 7.36. The molecule has 0 saturated heterocycles. The average Bonchev–Trinajstić information content (AvgIpc) is 2.81. The number of nitrogens with zero attached hydrogens (tertiary/aromatic N) is 2. The molecule has 0 aliphatic rings. The Kier molecular flexibility index (Phi) is 5.36. The number of hydrogen-bond donors (Lipinski definition) is 0. The van der Waals surface area contributed by atoms with E-state index in [2.05, 4.69) is 12.0 Å². The van der Waals surface area contributed by atoms with Crippen molar-refractivity contribution in [2.45, 2.75) is 47.0 Å². The van der Waals surface area contributed by atoms with Crippen molar-refractivity contribution >= 4 is 5.91 Å². The fourth-order valence-electron chi connectivity index (χ4n) is 2.58. The van der Waals surface area contributed by atoms with E-state index in [9.17, 15) is 4.79 Å². The summed E-state index contributed by atoms with van der Waals surface area (Å²) in [4.78, 5) is 12.8. The van der Waals surface area contributed by atoms with Gasteiger partial charge in [0.25, 0.3) is 5.91 Å². The molecule has 0 aliphatic carbocycles. The molecule has 0 unspecified atom stereocenters. The second-order valence-electron chi connectivity index (χ2n) is 5.46. The van der Waals surface area contributed by atoms with Crippen LogP contribution in [0.1, 0.15) is 54.0 Å². The van der Waals surface area contributed by atoms with Crippen molar-refractivity contribution in [1.82, 2.24) is 9.78 Å². The first-order valence-electron chi connectivity index (χ1n) is 7.91. The summed E-state index contributed by atoms with van der Waals surface area (Å²) in [7, 11) is 0. The molecule has 0 aliphatic heterocycles. The Bertz CT molecular complexity index is 659. The third-order valence-corrected chi connectivity index (χ3v) is 3.71. The highest BCUT2D eigenvalue weighted by Crippen LogP contribution is 2.22. The van der Waals surface area contributed by atoms with Crippen molar-refractivity contribution in [1.29, 1.82) is 0 Å². The van der Waals surface area contributed by atoms with Crippen LogP contribution in [-0.4, -0.2) is 22.3 Å². The summed E-state index contributed by atoms with van der Waals surface area (Å²) in [5.41, 5.74) is 3.58. The molecule has 0 spiro atoms. The van der Waals surface area contributed by atoms with Crippen LogP contribution in [0.25, 0.3) is 0 Å². The largest absolute Gasteiger partial charge is 0.493 e. The zero-order chi connectivity index (χ0) is 16.1. The Balaban J connectivity index is 2.38. The van der Waals surface area contributed by atoms with Gasteiger partial charge in [0.05, 0.1) is 17.9 Å². The first kappa shape index (κ1) is 16.3. The second-order valence-corrected chi connectivity index (χ2v) is 5.46. The van der Waals surface area contributed by atoms with E-state index < -0.39 is 0 Å². The molecule has 2 aromatic rings. The van der Waals surface area contributed by atoms with Gasteiger partial charge in [-0.15, -0.1) is 0 Å². The van der Waals surface area contributed by atoms with Crippen LogP contribution in [0.3, 0.4) is 0 Å². The molecular weight excluding hydrogens is 276 g/mol. The van der Waals surface area contributed by atoms with Gasteiger partial charge in [-0.2, -0.15) is 5.10 Å². The summed E-state index contributed by atoms with van der Waals surface area (Å²) < 4.78 is 7.20. The van der Waals surface area contributed by atoms with Gasteiger partial charge in [-0.3, -0.25) is 4.79 Å². The van der Waals surface area contributed by atoms with Crippen molar-refractivity contribution in [2.24, 2.45) is 0 Å². The molecule has 0 saturated carbocycles. The Morgan fingerprint density at radius 2 is 1.91 bits per heavy atom. The third-order valence-electron chi connectivity index (χ3n) is 3.71. The Morgan fingerprint density at radius 1 is 1.18 bits per heavy atom. The van der Waals surface area contributed by atoms with Crippen molar-refractivity contribution in [3.8, 4) is 5.75 Å². The van der Waals surface area contributed by atoms with Gasteiger partial charge >= 0.3 is 0 Å². The first-order valence-corrected chi connectivity index (χ1v) is 7.91. The minimum Gasteiger partial charge on any atom is -0.493 e. The highest BCUT2D eigenvalue weighted by molar-refractivity contribution is 5.98. The van der Waals surface area contributed by atoms with E-state index >= 15 is 0 Å². The van der Waals surface area contributed by atoms with E-state index in [0.717, 1.165) is 30.7 Å². The lowest BCUT2D eigenvalue weighted by Crippen LogP contribution is -2.17. The zero-order valence-corrected chi connectivity index (χ0v) is 13.8. The summed E-state index contributed by atoms with van der Waals surface area (Å²) in [5.74, 6) is 0.494. The SMILES string of the molecule is CCCOc1ccccc1C(=O)n1nc(C)c(CCC)c1C. The van der Waals surface area contributed by atoms with Crippen LogP contribution in [0, 0.1) is 13.8 Å². The van der Waals surface area contributed by atoms with Gasteiger partial charge in [-0.1, -0.05) is 32.4 Å². The molecule has 1 aromatic carbocycles. The molecular formula is C18H24N2O2. The van der Waals surface area contributed by atoms with E-state index in [0.29, 0.717) is 17.9 Å². The van der Waals surface area contributed by atoms with Crippen LogP contribution in [0.5, 0.6) is 5.75 Å². The highest BCUT2D eigenvalue weighted by atomic mass is 16.5. The van der Waals surface area contributed by atoms with Crippen molar-refractivity contribution in [3.05, 3.63) is 46.8 Å². The number of ether oxygens (including phenoxy) is 1. The van der Waals surface area contributed by atoms with Gasteiger partial charge in [0.15, 0.2) is 0 Å². The fourth-order valence-corrected chi connectivity index (χ4v) is 2.58. The molecule has 4 nitrogen and oxygen atoms in total. The molecule has 0 bridgehead atoms. The van der Waals surface area contributed by atoms with E-state index in [1.165, 1.54) is 10.2 Å². The molecule has 1 aromatic heterocycles.